The van der Waals surface area contributed by atoms with E-state index in [0.29, 0.717) is 16.5 Å². The van der Waals surface area contributed by atoms with E-state index < -0.39 is 0 Å². The summed E-state index contributed by atoms with van der Waals surface area (Å²) in [6.07, 6.45) is 0. The Kier molecular flexibility index (Phi) is 3.04. The number of nitrogens with one attached hydrogen (secondary N) is 3. The lowest BCUT2D eigenvalue weighted by Gasteiger charge is -2.03. The van der Waals surface area contributed by atoms with E-state index in [2.05, 4.69) is 15.3 Å². The van der Waals surface area contributed by atoms with Crippen LogP contribution in [0.4, 0.5) is 11.6 Å². The maximum absolute atomic E-state index is 7.35. The summed E-state index contributed by atoms with van der Waals surface area (Å²) < 4.78 is 0. The largest absolute Gasteiger partial charge is 0.384 e. The Morgan fingerprint density at radius 2 is 1.95 bits per heavy atom. The van der Waals surface area contributed by atoms with Gasteiger partial charge in [-0.1, -0.05) is 11.6 Å². The molecule has 0 spiro atoms. The molecular weight excluding hydrogens is 274 g/mol. The first kappa shape index (κ1) is 12.5. The first-order valence-corrected chi connectivity index (χ1v) is 6.36. The number of aromatic nitrogens is 2. The van der Waals surface area contributed by atoms with Crippen molar-refractivity contribution in [1.82, 2.24) is 9.97 Å². The lowest BCUT2D eigenvalue weighted by atomic mass is 10.2. The van der Waals surface area contributed by atoms with Gasteiger partial charge in [0.15, 0.2) is 0 Å². The highest BCUT2D eigenvalue weighted by atomic mass is 35.5. The second-order valence-corrected chi connectivity index (χ2v) is 4.80. The Morgan fingerprint density at radius 3 is 2.65 bits per heavy atom. The van der Waals surface area contributed by atoms with Crippen LogP contribution in [0.5, 0.6) is 0 Å². The van der Waals surface area contributed by atoms with E-state index in [1.807, 2.05) is 24.3 Å². The summed E-state index contributed by atoms with van der Waals surface area (Å²) >= 11 is 5.94. The lowest BCUT2D eigenvalue weighted by molar-refractivity contribution is 1.31. The van der Waals surface area contributed by atoms with Crippen molar-refractivity contribution in [3.63, 3.8) is 0 Å². The number of benzene rings is 2. The predicted molar refractivity (Wildman–Crippen MR) is 81.8 cm³/mol. The Bertz CT molecular complexity index is 776. The van der Waals surface area contributed by atoms with Gasteiger partial charge in [0, 0.05) is 16.3 Å². The maximum Gasteiger partial charge on any atom is 0.205 e. The second-order valence-electron chi connectivity index (χ2n) is 4.36. The molecule has 0 amide bonds. The third-order valence-electron chi connectivity index (χ3n) is 2.90. The van der Waals surface area contributed by atoms with Gasteiger partial charge in [-0.3, -0.25) is 5.41 Å². The average Bonchev–Trinajstić information content (AvgIpc) is 2.80. The fourth-order valence-electron chi connectivity index (χ4n) is 1.91. The molecule has 5 N–H and O–H groups in total. The monoisotopic (exact) mass is 285 g/mol. The van der Waals surface area contributed by atoms with Crippen LogP contribution in [0.15, 0.2) is 42.5 Å². The molecule has 3 aromatic rings. The van der Waals surface area contributed by atoms with Crippen LogP contribution in [0.2, 0.25) is 5.02 Å². The number of nitrogens with zero attached hydrogens (tertiary/aromatic N) is 1. The van der Waals surface area contributed by atoms with Crippen molar-refractivity contribution in [2.75, 3.05) is 5.32 Å². The van der Waals surface area contributed by atoms with Gasteiger partial charge in [-0.25, -0.2) is 4.98 Å². The minimum absolute atomic E-state index is 0.0509. The van der Waals surface area contributed by atoms with Gasteiger partial charge in [-0.05, 0) is 42.5 Å². The van der Waals surface area contributed by atoms with Crippen molar-refractivity contribution < 1.29 is 0 Å². The number of anilines is 2. The van der Waals surface area contributed by atoms with Crippen molar-refractivity contribution >= 4 is 40.1 Å². The molecule has 5 nitrogen and oxygen atoms in total. The van der Waals surface area contributed by atoms with Crippen molar-refractivity contribution in [1.29, 1.82) is 5.41 Å². The van der Waals surface area contributed by atoms with E-state index in [4.69, 9.17) is 22.7 Å². The molecule has 3 rings (SSSR count). The standard InChI is InChI=1S/C14H12ClN5/c15-9-3-6-11-12(7-9)20-14(19-11)18-10-4-1-8(2-5-10)13(16)17/h1-7H,(H3,16,17)(H2,18,19,20). The van der Waals surface area contributed by atoms with E-state index in [9.17, 15) is 0 Å². The van der Waals surface area contributed by atoms with Crippen LogP contribution >= 0.6 is 11.6 Å². The molecule has 0 radical (unpaired) electrons. The zero-order valence-corrected chi connectivity index (χ0v) is 11.2. The number of aromatic amines is 1. The molecule has 0 saturated carbocycles. The van der Waals surface area contributed by atoms with E-state index >= 15 is 0 Å². The number of fused-ring (bicyclic) bond motifs is 1. The van der Waals surface area contributed by atoms with Gasteiger partial charge < -0.3 is 16.0 Å². The summed E-state index contributed by atoms with van der Waals surface area (Å²) in [4.78, 5) is 7.56. The molecule has 0 saturated heterocycles. The van der Waals surface area contributed by atoms with Crippen LogP contribution in [-0.4, -0.2) is 15.8 Å². The summed E-state index contributed by atoms with van der Waals surface area (Å²) in [5.74, 6) is 0.688. The fraction of sp³-hybridized carbons (Fsp3) is 0. The van der Waals surface area contributed by atoms with Gasteiger partial charge in [0.2, 0.25) is 5.95 Å². The number of hydrogen-bond donors (Lipinski definition) is 4. The molecular formula is C14H12ClN5. The molecule has 100 valence electrons. The number of amidine groups is 1. The molecule has 0 unspecified atom stereocenters. The van der Waals surface area contributed by atoms with Crippen LogP contribution in [0.25, 0.3) is 11.0 Å². The quantitative estimate of drug-likeness (QED) is 0.440. The van der Waals surface area contributed by atoms with Gasteiger partial charge >= 0.3 is 0 Å². The van der Waals surface area contributed by atoms with Gasteiger partial charge in [-0.2, -0.15) is 0 Å². The van der Waals surface area contributed by atoms with Gasteiger partial charge in [0.05, 0.1) is 11.0 Å². The van der Waals surface area contributed by atoms with Gasteiger partial charge in [-0.15, -0.1) is 0 Å². The molecule has 1 aromatic heterocycles. The highest BCUT2D eigenvalue weighted by molar-refractivity contribution is 6.31. The number of imidazole rings is 1. The van der Waals surface area contributed by atoms with Crippen LogP contribution in [-0.2, 0) is 0 Å². The van der Waals surface area contributed by atoms with Crippen molar-refractivity contribution in [3.05, 3.63) is 53.1 Å². The molecule has 20 heavy (non-hydrogen) atoms. The third-order valence-corrected chi connectivity index (χ3v) is 3.14. The molecule has 0 atom stereocenters. The van der Waals surface area contributed by atoms with Gasteiger partial charge in [0.1, 0.15) is 5.84 Å². The van der Waals surface area contributed by atoms with Crippen molar-refractivity contribution in [3.8, 4) is 0 Å². The van der Waals surface area contributed by atoms with Crippen molar-refractivity contribution in [2.24, 2.45) is 5.73 Å². The Labute approximate surface area is 120 Å². The SMILES string of the molecule is N=C(N)c1ccc(Nc2nc3ccc(Cl)cc3[nH]2)cc1. The van der Waals surface area contributed by atoms with E-state index in [-0.39, 0.29) is 5.84 Å². The molecule has 1 heterocycles. The highest BCUT2D eigenvalue weighted by Gasteiger charge is 2.04. The number of nitrogens with two attached hydrogens (primary N) is 1. The number of hydrogen-bond acceptors (Lipinski definition) is 3. The topological polar surface area (TPSA) is 90.6 Å². The maximum atomic E-state index is 7.35. The van der Waals surface area contributed by atoms with Crippen LogP contribution in [0, 0.1) is 5.41 Å². The van der Waals surface area contributed by atoms with Crippen LogP contribution < -0.4 is 11.1 Å². The molecule has 0 fully saturated rings. The lowest BCUT2D eigenvalue weighted by Crippen LogP contribution is -2.10. The molecule has 2 aromatic carbocycles. The number of H-pyrrole nitrogens is 1. The fourth-order valence-corrected chi connectivity index (χ4v) is 2.08. The molecule has 0 aliphatic heterocycles. The van der Waals surface area contributed by atoms with E-state index in [0.717, 1.165) is 16.7 Å². The minimum Gasteiger partial charge on any atom is -0.384 e. The Hall–Kier alpha value is -2.53. The minimum atomic E-state index is 0.0509. The Morgan fingerprint density at radius 1 is 1.20 bits per heavy atom. The second kappa shape index (κ2) is 4.86. The van der Waals surface area contributed by atoms with E-state index in [1.54, 1.807) is 18.2 Å². The third kappa shape index (κ3) is 2.44. The smallest absolute Gasteiger partial charge is 0.205 e. The molecule has 0 bridgehead atoms. The first-order chi connectivity index (χ1) is 9.61. The zero-order chi connectivity index (χ0) is 14.1. The summed E-state index contributed by atoms with van der Waals surface area (Å²) in [6, 6.07) is 12.7. The zero-order valence-electron chi connectivity index (χ0n) is 10.4. The molecule has 6 heteroatoms. The summed E-state index contributed by atoms with van der Waals surface area (Å²) in [5, 5.41) is 11.2. The summed E-state index contributed by atoms with van der Waals surface area (Å²) in [6.45, 7) is 0. The predicted octanol–water partition coefficient (Wildman–Crippen LogP) is 3.24. The van der Waals surface area contributed by atoms with Crippen LogP contribution in [0.1, 0.15) is 5.56 Å². The first-order valence-electron chi connectivity index (χ1n) is 5.98. The normalized spacial score (nSPS) is 10.7. The Balaban J connectivity index is 1.87. The molecule has 0 aliphatic carbocycles. The number of halogens is 1. The number of nitrogen functional groups attached to an aromatic ring is 1. The van der Waals surface area contributed by atoms with Crippen LogP contribution in [0.3, 0.4) is 0 Å². The highest BCUT2D eigenvalue weighted by Crippen LogP contribution is 2.21. The number of rotatable bonds is 3. The summed E-state index contributed by atoms with van der Waals surface area (Å²) in [5.41, 5.74) is 8.68. The van der Waals surface area contributed by atoms with Gasteiger partial charge in [0.25, 0.3) is 0 Å². The average molecular weight is 286 g/mol. The van der Waals surface area contributed by atoms with E-state index in [1.165, 1.54) is 0 Å². The molecule has 0 aliphatic rings. The van der Waals surface area contributed by atoms with Crippen molar-refractivity contribution in [2.45, 2.75) is 0 Å². The summed E-state index contributed by atoms with van der Waals surface area (Å²) in [7, 11) is 0.